The van der Waals surface area contributed by atoms with Gasteiger partial charge in [0.05, 0.1) is 27.5 Å². The molecule has 0 spiro atoms. The number of anilines is 2. The van der Waals surface area contributed by atoms with E-state index in [-0.39, 0.29) is 45.5 Å². The van der Waals surface area contributed by atoms with Crippen molar-refractivity contribution in [3.8, 4) is 0 Å². The Hall–Kier alpha value is -2.85. The molecule has 2 saturated carbocycles. The van der Waals surface area contributed by atoms with Crippen LogP contribution in [0.5, 0.6) is 0 Å². The third-order valence-electron chi connectivity index (χ3n) is 10.8. The predicted molar refractivity (Wildman–Crippen MR) is 174 cm³/mol. The Labute approximate surface area is 252 Å². The first-order valence-corrected chi connectivity index (χ1v) is 22.6. The lowest BCUT2D eigenvalue weighted by Gasteiger charge is -2.52. The van der Waals surface area contributed by atoms with Gasteiger partial charge in [0.1, 0.15) is 0 Å². The second-order valence-corrected chi connectivity index (χ2v) is 25.8. The summed E-state index contributed by atoms with van der Waals surface area (Å²) >= 11 is 0. The number of rotatable bonds is 4. The molecular formula is C34H46N2O4Si2. The Morgan fingerprint density at radius 3 is 1.21 bits per heavy atom. The van der Waals surface area contributed by atoms with Crippen LogP contribution in [0.2, 0.25) is 49.4 Å². The number of hydrogen-bond acceptors (Lipinski definition) is 4. The number of carbonyl (C=O) groups excluding carboxylic acids is 4. The van der Waals surface area contributed by atoms with E-state index in [1.54, 1.807) is 0 Å². The quantitative estimate of drug-likeness (QED) is 0.266. The molecule has 2 aliphatic heterocycles. The number of fused-ring (bicyclic) bond motifs is 4. The van der Waals surface area contributed by atoms with Crippen molar-refractivity contribution in [3.63, 3.8) is 0 Å². The van der Waals surface area contributed by atoms with E-state index >= 15 is 0 Å². The van der Waals surface area contributed by atoms with Gasteiger partial charge in [0.15, 0.2) is 0 Å². The topological polar surface area (TPSA) is 74.8 Å². The molecule has 0 aromatic heterocycles. The minimum atomic E-state index is -1.71. The first kappa shape index (κ1) is 30.6. The number of para-hydroxylation sites is 2. The summed E-state index contributed by atoms with van der Waals surface area (Å²) in [7, 11) is -3.42. The van der Waals surface area contributed by atoms with E-state index in [0.29, 0.717) is 0 Å². The Morgan fingerprint density at radius 1 is 0.571 bits per heavy atom. The molecule has 8 heteroatoms. The van der Waals surface area contributed by atoms with Crippen molar-refractivity contribution in [2.24, 2.45) is 11.8 Å². The molecule has 2 aliphatic carbocycles. The van der Waals surface area contributed by atoms with Crippen LogP contribution in [-0.2, 0) is 19.2 Å². The first-order valence-electron chi connectivity index (χ1n) is 15.6. The number of benzene rings is 2. The zero-order valence-electron chi connectivity index (χ0n) is 26.1. The van der Waals surface area contributed by atoms with Crippen molar-refractivity contribution in [1.29, 1.82) is 0 Å². The molecule has 42 heavy (non-hydrogen) atoms. The second kappa shape index (κ2) is 11.0. The molecule has 2 aromatic carbocycles. The highest BCUT2D eigenvalue weighted by Gasteiger charge is 2.60. The number of piperidine rings is 2. The summed E-state index contributed by atoms with van der Waals surface area (Å²) in [5.41, 5.74) is 1.48. The molecule has 4 aliphatic rings. The van der Waals surface area contributed by atoms with E-state index in [1.165, 1.54) is 9.80 Å². The molecule has 6 rings (SSSR count). The number of amides is 4. The van der Waals surface area contributed by atoms with Crippen LogP contribution in [0.1, 0.15) is 51.4 Å². The number of imide groups is 2. The third kappa shape index (κ3) is 4.94. The zero-order chi connectivity index (χ0) is 30.5. The SMILES string of the molecule is C[Si](C)(C)[C@]12CCC[C@H](C1)C(=O)N(c1ccccc1)C2=O.C[Si](C)(C)[C@]12CCC[C@H](C1)C(=O)N(c1ccccc1)C2=O. The van der Waals surface area contributed by atoms with Crippen molar-refractivity contribution >= 4 is 51.2 Å². The Kier molecular flexibility index (Phi) is 8.03. The zero-order valence-corrected chi connectivity index (χ0v) is 28.1. The lowest BCUT2D eigenvalue weighted by Crippen LogP contribution is -2.61. The highest BCUT2D eigenvalue weighted by molar-refractivity contribution is 6.83. The molecule has 2 heterocycles. The molecule has 4 atom stereocenters. The van der Waals surface area contributed by atoms with Crippen molar-refractivity contribution in [3.05, 3.63) is 60.7 Å². The molecule has 2 saturated heterocycles. The Bertz CT molecular complexity index is 1260. The van der Waals surface area contributed by atoms with Gasteiger partial charge in [-0.05, 0) is 62.8 Å². The van der Waals surface area contributed by atoms with Gasteiger partial charge in [-0.15, -0.1) is 0 Å². The standard InChI is InChI=1S/2C17H23NO2Si/c2*1-21(2,3)17-11-7-8-13(12-17)15(19)18(16(17)20)14-9-5-4-6-10-14/h2*4-6,9-10,13H,7-8,11-12H2,1-3H3/t2*13-,17-/m11/s1. The minimum absolute atomic E-state index is 0.0137. The van der Waals surface area contributed by atoms with Crippen LogP contribution in [0.3, 0.4) is 0 Å². The van der Waals surface area contributed by atoms with E-state index in [9.17, 15) is 19.2 Å². The van der Waals surface area contributed by atoms with E-state index < -0.39 is 16.1 Å². The van der Waals surface area contributed by atoms with Gasteiger partial charge in [0.2, 0.25) is 23.6 Å². The lowest BCUT2D eigenvalue weighted by molar-refractivity contribution is -0.138. The molecule has 4 fully saturated rings. The maximum absolute atomic E-state index is 13.3. The van der Waals surface area contributed by atoms with Gasteiger partial charge < -0.3 is 0 Å². The second-order valence-electron chi connectivity index (χ2n) is 14.9. The van der Waals surface area contributed by atoms with Crippen LogP contribution in [0.15, 0.2) is 60.7 Å². The van der Waals surface area contributed by atoms with Crippen LogP contribution in [0.4, 0.5) is 11.4 Å². The van der Waals surface area contributed by atoms with Crippen molar-refractivity contribution in [2.45, 2.75) is 101 Å². The summed E-state index contributed by atoms with van der Waals surface area (Å²) in [6.07, 6.45) is 7.35. The van der Waals surface area contributed by atoms with Gasteiger partial charge in [-0.25, -0.2) is 0 Å². The average Bonchev–Trinajstić information content (AvgIpc) is 2.96. The van der Waals surface area contributed by atoms with Crippen LogP contribution in [0.25, 0.3) is 0 Å². The molecule has 0 unspecified atom stereocenters. The Morgan fingerprint density at radius 2 is 0.905 bits per heavy atom. The van der Waals surface area contributed by atoms with Crippen molar-refractivity contribution in [1.82, 2.24) is 0 Å². The number of nitrogens with zero attached hydrogens (tertiary/aromatic N) is 2. The van der Waals surface area contributed by atoms with E-state index in [2.05, 4.69) is 39.3 Å². The fraction of sp³-hybridized carbons (Fsp3) is 0.529. The fourth-order valence-electron chi connectivity index (χ4n) is 8.00. The van der Waals surface area contributed by atoms with Gasteiger partial charge in [0, 0.05) is 21.9 Å². The van der Waals surface area contributed by atoms with E-state index in [0.717, 1.165) is 62.7 Å². The van der Waals surface area contributed by atoms with Gasteiger partial charge in [-0.3, -0.25) is 29.0 Å². The summed E-state index contributed by atoms with van der Waals surface area (Å²) in [5.74, 6) is 0.217. The van der Waals surface area contributed by atoms with E-state index in [4.69, 9.17) is 0 Å². The maximum atomic E-state index is 13.3. The minimum Gasteiger partial charge on any atom is -0.274 e. The molecule has 224 valence electrons. The largest absolute Gasteiger partial charge is 0.274 e. The fourth-order valence-corrected chi connectivity index (χ4v) is 13.1. The smallest absolute Gasteiger partial charge is 0.237 e. The highest BCUT2D eigenvalue weighted by Crippen LogP contribution is 2.58. The van der Waals surface area contributed by atoms with Gasteiger partial charge >= 0.3 is 0 Å². The molecular weight excluding hydrogens is 557 g/mol. The summed E-state index contributed by atoms with van der Waals surface area (Å²) in [6, 6.07) is 18.9. The molecule has 2 aromatic rings. The maximum Gasteiger partial charge on any atom is 0.237 e. The monoisotopic (exact) mass is 602 g/mol. The van der Waals surface area contributed by atoms with Crippen molar-refractivity contribution in [2.75, 3.05) is 9.80 Å². The Balaban J connectivity index is 0.000000168. The third-order valence-corrected chi connectivity index (χ3v) is 17.8. The average molecular weight is 603 g/mol. The van der Waals surface area contributed by atoms with Gasteiger partial charge in [0.25, 0.3) is 0 Å². The first-order chi connectivity index (χ1) is 19.7. The molecule has 0 radical (unpaired) electrons. The lowest BCUT2D eigenvalue weighted by atomic mass is 9.75. The van der Waals surface area contributed by atoms with E-state index in [1.807, 2.05) is 60.7 Å². The van der Waals surface area contributed by atoms with Crippen LogP contribution in [0, 0.1) is 11.8 Å². The summed E-state index contributed by atoms with van der Waals surface area (Å²) in [5, 5.41) is -0.528. The predicted octanol–water partition coefficient (Wildman–Crippen LogP) is 7.66. The normalized spacial score (nSPS) is 29.7. The summed E-state index contributed by atoms with van der Waals surface area (Å²) in [6.45, 7) is 13.6. The molecule has 6 nitrogen and oxygen atoms in total. The summed E-state index contributed by atoms with van der Waals surface area (Å²) in [4.78, 5) is 55.0. The van der Waals surface area contributed by atoms with Gasteiger partial charge in [-0.1, -0.05) is 88.5 Å². The molecule has 0 N–H and O–H groups in total. The van der Waals surface area contributed by atoms with Gasteiger partial charge in [-0.2, -0.15) is 0 Å². The van der Waals surface area contributed by atoms with Crippen LogP contribution in [-0.4, -0.2) is 39.8 Å². The number of hydrogen-bond donors (Lipinski definition) is 0. The molecule has 4 bridgehead atoms. The molecule has 4 amide bonds. The number of carbonyl (C=O) groups is 4. The summed E-state index contributed by atoms with van der Waals surface area (Å²) < 4.78 is 0. The van der Waals surface area contributed by atoms with Crippen LogP contribution < -0.4 is 9.80 Å². The van der Waals surface area contributed by atoms with Crippen molar-refractivity contribution < 1.29 is 19.2 Å². The highest BCUT2D eigenvalue weighted by atomic mass is 28.3. The van der Waals surface area contributed by atoms with Crippen LogP contribution >= 0.6 is 0 Å².